The van der Waals surface area contributed by atoms with E-state index >= 15 is 0 Å². The lowest BCUT2D eigenvalue weighted by molar-refractivity contribution is 0.0715. The lowest BCUT2D eigenvalue weighted by atomic mass is 10.3. The highest BCUT2D eigenvalue weighted by atomic mass is 16.2. The summed E-state index contributed by atoms with van der Waals surface area (Å²) in [6, 6.07) is 1.79. The van der Waals surface area contributed by atoms with Gasteiger partial charge >= 0.3 is 0 Å². The minimum absolute atomic E-state index is 0.0870. The Morgan fingerprint density at radius 3 is 2.21 bits per heavy atom. The minimum atomic E-state index is -0.0985. The number of rotatable bonds is 2. The lowest BCUT2D eigenvalue weighted by Gasteiger charge is -2.21. The number of carbonyl (C=O) groups is 2. The number of aromatic nitrogens is 4. The zero-order chi connectivity index (χ0) is 17.1. The molecule has 1 saturated heterocycles. The summed E-state index contributed by atoms with van der Waals surface area (Å²) in [6.07, 6.45) is 5.16. The molecule has 0 N–H and O–H groups in total. The molecule has 2 amide bonds. The Hall–Kier alpha value is -2.77. The molecule has 0 spiro atoms. The second-order valence-corrected chi connectivity index (χ2v) is 5.86. The molecule has 3 heterocycles. The van der Waals surface area contributed by atoms with Crippen molar-refractivity contribution in [3.63, 3.8) is 0 Å². The SMILES string of the molecule is Cc1cc(C(=O)N2CCCN(C(=O)c3cncnc3)CC2)nn1C. The van der Waals surface area contributed by atoms with Crippen LogP contribution in [0.1, 0.15) is 33.0 Å². The summed E-state index contributed by atoms with van der Waals surface area (Å²) in [7, 11) is 1.82. The standard InChI is InChI=1S/C16H20N6O2/c1-12-8-14(19-20(12)2)16(24)22-5-3-4-21(6-7-22)15(23)13-9-17-11-18-10-13/h8-11H,3-7H2,1-2H3. The van der Waals surface area contributed by atoms with E-state index in [0.717, 1.165) is 12.1 Å². The van der Waals surface area contributed by atoms with Crippen LogP contribution in [0.2, 0.25) is 0 Å². The molecule has 0 unspecified atom stereocenters. The van der Waals surface area contributed by atoms with Crippen LogP contribution in [0.25, 0.3) is 0 Å². The van der Waals surface area contributed by atoms with Gasteiger partial charge in [0, 0.05) is 51.3 Å². The van der Waals surface area contributed by atoms with Crippen molar-refractivity contribution >= 4 is 11.8 Å². The predicted molar refractivity (Wildman–Crippen MR) is 86.4 cm³/mol. The zero-order valence-electron chi connectivity index (χ0n) is 13.8. The van der Waals surface area contributed by atoms with Gasteiger partial charge in [-0.1, -0.05) is 0 Å². The summed E-state index contributed by atoms with van der Waals surface area (Å²) in [5, 5.41) is 4.25. The van der Waals surface area contributed by atoms with Gasteiger partial charge in [0.1, 0.15) is 6.33 Å². The second-order valence-electron chi connectivity index (χ2n) is 5.86. The van der Waals surface area contributed by atoms with Crippen molar-refractivity contribution in [1.29, 1.82) is 0 Å². The molecule has 0 radical (unpaired) electrons. The van der Waals surface area contributed by atoms with Crippen LogP contribution in [0.3, 0.4) is 0 Å². The molecule has 0 atom stereocenters. The normalized spacial score (nSPS) is 15.2. The Morgan fingerprint density at radius 2 is 1.62 bits per heavy atom. The Bertz CT molecular complexity index is 723. The molecule has 126 valence electrons. The third-order valence-corrected chi connectivity index (χ3v) is 4.21. The maximum absolute atomic E-state index is 12.6. The number of hydrogen-bond acceptors (Lipinski definition) is 5. The molecule has 8 heteroatoms. The fraction of sp³-hybridized carbons (Fsp3) is 0.438. The number of carbonyl (C=O) groups excluding carboxylic acids is 2. The fourth-order valence-electron chi connectivity index (χ4n) is 2.74. The highest BCUT2D eigenvalue weighted by Gasteiger charge is 2.25. The molecule has 0 aliphatic carbocycles. The van der Waals surface area contributed by atoms with Gasteiger partial charge in [-0.05, 0) is 19.4 Å². The Balaban J connectivity index is 1.67. The molecule has 1 aliphatic heterocycles. The number of amides is 2. The number of aryl methyl sites for hydroxylation is 2. The van der Waals surface area contributed by atoms with Gasteiger partial charge in [0.15, 0.2) is 5.69 Å². The predicted octanol–water partition coefficient (Wildman–Crippen LogP) is 0.507. The minimum Gasteiger partial charge on any atom is -0.337 e. The molecule has 0 saturated carbocycles. The van der Waals surface area contributed by atoms with Crippen LogP contribution < -0.4 is 0 Å². The molecule has 2 aromatic heterocycles. The summed E-state index contributed by atoms with van der Waals surface area (Å²) in [4.78, 5) is 36.3. The fourth-order valence-corrected chi connectivity index (χ4v) is 2.74. The summed E-state index contributed by atoms with van der Waals surface area (Å²) in [5.41, 5.74) is 1.86. The van der Waals surface area contributed by atoms with Gasteiger partial charge in [-0.3, -0.25) is 14.3 Å². The maximum atomic E-state index is 12.6. The van der Waals surface area contributed by atoms with Gasteiger partial charge in [0.05, 0.1) is 5.56 Å². The van der Waals surface area contributed by atoms with Crippen LogP contribution in [-0.4, -0.2) is 67.5 Å². The van der Waals surface area contributed by atoms with Crippen molar-refractivity contribution < 1.29 is 9.59 Å². The van der Waals surface area contributed by atoms with Crippen LogP contribution in [0.5, 0.6) is 0 Å². The summed E-state index contributed by atoms with van der Waals surface area (Å²) >= 11 is 0. The van der Waals surface area contributed by atoms with E-state index in [1.54, 1.807) is 20.5 Å². The number of nitrogens with zero attached hydrogens (tertiary/aromatic N) is 6. The van der Waals surface area contributed by atoms with Crippen LogP contribution in [0.15, 0.2) is 24.8 Å². The molecule has 3 rings (SSSR count). The van der Waals surface area contributed by atoms with Gasteiger partial charge < -0.3 is 9.80 Å². The van der Waals surface area contributed by atoms with E-state index < -0.39 is 0 Å². The average molecular weight is 328 g/mol. The van der Waals surface area contributed by atoms with Crippen molar-refractivity contribution in [1.82, 2.24) is 29.5 Å². The quantitative estimate of drug-likeness (QED) is 0.802. The molecular formula is C16H20N6O2. The Labute approximate surface area is 140 Å². The van der Waals surface area contributed by atoms with E-state index in [2.05, 4.69) is 15.1 Å². The van der Waals surface area contributed by atoms with Gasteiger partial charge in [-0.15, -0.1) is 0 Å². The van der Waals surface area contributed by atoms with Gasteiger partial charge in [0.25, 0.3) is 11.8 Å². The molecule has 8 nitrogen and oxygen atoms in total. The maximum Gasteiger partial charge on any atom is 0.274 e. The molecular weight excluding hydrogens is 308 g/mol. The van der Waals surface area contributed by atoms with Crippen molar-refractivity contribution in [2.75, 3.05) is 26.2 Å². The van der Waals surface area contributed by atoms with Crippen LogP contribution >= 0.6 is 0 Å². The van der Waals surface area contributed by atoms with Crippen LogP contribution in [-0.2, 0) is 7.05 Å². The first-order valence-electron chi connectivity index (χ1n) is 7.90. The topological polar surface area (TPSA) is 84.2 Å². The second kappa shape index (κ2) is 6.77. The molecule has 1 fully saturated rings. The van der Waals surface area contributed by atoms with E-state index in [4.69, 9.17) is 0 Å². The third kappa shape index (κ3) is 3.27. The van der Waals surface area contributed by atoms with E-state index in [-0.39, 0.29) is 11.8 Å². The Morgan fingerprint density at radius 1 is 1.00 bits per heavy atom. The van der Waals surface area contributed by atoms with Crippen molar-refractivity contribution in [2.24, 2.45) is 7.05 Å². The van der Waals surface area contributed by atoms with Crippen molar-refractivity contribution in [2.45, 2.75) is 13.3 Å². The average Bonchev–Trinajstić information content (AvgIpc) is 2.80. The van der Waals surface area contributed by atoms with Gasteiger partial charge in [-0.2, -0.15) is 5.10 Å². The molecule has 1 aliphatic rings. The first kappa shape index (κ1) is 16.1. The van der Waals surface area contributed by atoms with Crippen molar-refractivity contribution in [3.8, 4) is 0 Å². The molecule has 2 aromatic rings. The highest BCUT2D eigenvalue weighted by Crippen LogP contribution is 2.11. The smallest absolute Gasteiger partial charge is 0.274 e. The van der Waals surface area contributed by atoms with E-state index in [9.17, 15) is 9.59 Å². The van der Waals surface area contributed by atoms with Crippen molar-refractivity contribution in [3.05, 3.63) is 41.7 Å². The highest BCUT2D eigenvalue weighted by molar-refractivity contribution is 5.94. The Kier molecular flexibility index (Phi) is 4.54. The summed E-state index contributed by atoms with van der Waals surface area (Å²) < 4.78 is 1.69. The lowest BCUT2D eigenvalue weighted by Crippen LogP contribution is -2.37. The number of hydrogen-bond donors (Lipinski definition) is 0. The monoisotopic (exact) mass is 328 g/mol. The summed E-state index contributed by atoms with van der Waals surface area (Å²) in [5.74, 6) is -0.186. The first-order chi connectivity index (χ1) is 11.6. The van der Waals surface area contributed by atoms with Gasteiger partial charge in [-0.25, -0.2) is 9.97 Å². The van der Waals surface area contributed by atoms with E-state index in [1.165, 1.54) is 18.7 Å². The molecule has 0 bridgehead atoms. The molecule has 24 heavy (non-hydrogen) atoms. The van der Waals surface area contributed by atoms with E-state index in [0.29, 0.717) is 37.4 Å². The van der Waals surface area contributed by atoms with Crippen LogP contribution in [0.4, 0.5) is 0 Å². The van der Waals surface area contributed by atoms with Gasteiger partial charge in [0.2, 0.25) is 0 Å². The molecule has 0 aromatic carbocycles. The first-order valence-corrected chi connectivity index (χ1v) is 7.90. The largest absolute Gasteiger partial charge is 0.337 e. The third-order valence-electron chi connectivity index (χ3n) is 4.21. The van der Waals surface area contributed by atoms with E-state index in [1.807, 2.05) is 14.0 Å². The summed E-state index contributed by atoms with van der Waals surface area (Å²) in [6.45, 7) is 4.12. The van der Waals surface area contributed by atoms with Crippen LogP contribution in [0, 0.1) is 6.92 Å². The zero-order valence-corrected chi connectivity index (χ0v) is 13.8.